The third kappa shape index (κ3) is 3.74. The molecule has 1 amide bonds. The standard InChI is InChI=1S/C20H19ClN2O2/c1-13(2)23(20(25)14-7-9-16(21)10-8-14)12-15-11-19(24)22-18-6-4-3-5-17(15)18/h3-11,13H,12H2,1-2H3,(H,22,24). The maximum atomic E-state index is 12.9. The van der Waals surface area contributed by atoms with Gasteiger partial charge < -0.3 is 9.88 Å². The number of benzene rings is 2. The Hall–Kier alpha value is -2.59. The fraction of sp³-hybridized carbons (Fsp3) is 0.200. The van der Waals surface area contributed by atoms with Crippen molar-refractivity contribution in [1.82, 2.24) is 9.88 Å². The number of carbonyl (C=O) groups is 1. The van der Waals surface area contributed by atoms with Gasteiger partial charge in [-0.15, -0.1) is 0 Å². The summed E-state index contributed by atoms with van der Waals surface area (Å²) in [6.07, 6.45) is 0. The van der Waals surface area contributed by atoms with Crippen LogP contribution in [0.2, 0.25) is 5.02 Å². The number of hydrogen-bond acceptors (Lipinski definition) is 2. The van der Waals surface area contributed by atoms with Gasteiger partial charge in [0.25, 0.3) is 5.91 Å². The van der Waals surface area contributed by atoms with Crippen molar-refractivity contribution in [3.05, 3.63) is 81.1 Å². The Bertz CT molecular complexity index is 961. The first-order chi connectivity index (χ1) is 12.0. The van der Waals surface area contributed by atoms with E-state index in [9.17, 15) is 9.59 Å². The van der Waals surface area contributed by atoms with E-state index in [1.54, 1.807) is 35.2 Å². The lowest BCUT2D eigenvalue weighted by Crippen LogP contribution is -2.36. The number of H-pyrrole nitrogens is 1. The van der Waals surface area contributed by atoms with E-state index < -0.39 is 0 Å². The molecule has 1 aromatic heterocycles. The number of halogens is 1. The topological polar surface area (TPSA) is 53.2 Å². The van der Waals surface area contributed by atoms with Crippen LogP contribution in [0.5, 0.6) is 0 Å². The molecule has 3 rings (SSSR count). The number of fused-ring (bicyclic) bond motifs is 1. The van der Waals surface area contributed by atoms with Crippen molar-refractivity contribution in [3.8, 4) is 0 Å². The summed E-state index contributed by atoms with van der Waals surface area (Å²) in [6.45, 7) is 4.29. The Balaban J connectivity index is 1.99. The van der Waals surface area contributed by atoms with Crippen LogP contribution in [0.1, 0.15) is 29.8 Å². The van der Waals surface area contributed by atoms with Crippen molar-refractivity contribution in [2.45, 2.75) is 26.4 Å². The molecule has 1 N–H and O–H groups in total. The average molecular weight is 355 g/mol. The fourth-order valence-electron chi connectivity index (χ4n) is 2.84. The van der Waals surface area contributed by atoms with Crippen LogP contribution in [-0.4, -0.2) is 21.8 Å². The van der Waals surface area contributed by atoms with Gasteiger partial charge in [0.05, 0.1) is 0 Å². The molecule has 0 unspecified atom stereocenters. The molecule has 0 saturated carbocycles. The maximum absolute atomic E-state index is 12.9. The van der Waals surface area contributed by atoms with Crippen molar-refractivity contribution < 1.29 is 4.79 Å². The number of amides is 1. The molecule has 0 saturated heterocycles. The van der Waals surface area contributed by atoms with Gasteiger partial charge in [0.1, 0.15) is 0 Å². The molecule has 1 heterocycles. The molecule has 128 valence electrons. The Morgan fingerprint density at radius 3 is 2.48 bits per heavy atom. The van der Waals surface area contributed by atoms with Crippen molar-refractivity contribution in [2.24, 2.45) is 0 Å². The summed E-state index contributed by atoms with van der Waals surface area (Å²) in [5.74, 6) is -0.0870. The molecular weight excluding hydrogens is 336 g/mol. The molecule has 0 fully saturated rings. The van der Waals surface area contributed by atoms with Gasteiger partial charge in [-0.3, -0.25) is 9.59 Å². The molecule has 0 bridgehead atoms. The van der Waals surface area contributed by atoms with E-state index in [0.717, 1.165) is 16.5 Å². The van der Waals surface area contributed by atoms with E-state index >= 15 is 0 Å². The van der Waals surface area contributed by atoms with Crippen LogP contribution in [0, 0.1) is 0 Å². The number of carbonyl (C=O) groups excluding carboxylic acids is 1. The summed E-state index contributed by atoms with van der Waals surface area (Å²) in [7, 11) is 0. The van der Waals surface area contributed by atoms with Crippen LogP contribution in [0.4, 0.5) is 0 Å². The summed E-state index contributed by atoms with van der Waals surface area (Å²) in [6, 6.07) is 16.0. The van der Waals surface area contributed by atoms with Gasteiger partial charge >= 0.3 is 0 Å². The number of nitrogens with one attached hydrogen (secondary N) is 1. The predicted molar refractivity (Wildman–Crippen MR) is 101 cm³/mol. The minimum atomic E-state index is -0.170. The lowest BCUT2D eigenvalue weighted by Gasteiger charge is -2.27. The van der Waals surface area contributed by atoms with Crippen molar-refractivity contribution in [1.29, 1.82) is 0 Å². The molecule has 0 aliphatic rings. The average Bonchev–Trinajstić information content (AvgIpc) is 2.59. The number of hydrogen-bond donors (Lipinski definition) is 1. The Labute approximate surface area is 151 Å². The largest absolute Gasteiger partial charge is 0.332 e. The predicted octanol–water partition coefficient (Wildman–Crippen LogP) is 4.23. The molecule has 4 nitrogen and oxygen atoms in total. The SMILES string of the molecule is CC(C)N(Cc1cc(=O)[nH]c2ccccc12)C(=O)c1ccc(Cl)cc1. The van der Waals surface area contributed by atoms with Crippen LogP contribution in [-0.2, 0) is 6.54 Å². The zero-order chi connectivity index (χ0) is 18.0. The van der Waals surface area contributed by atoms with E-state index in [0.29, 0.717) is 17.1 Å². The van der Waals surface area contributed by atoms with E-state index in [1.165, 1.54) is 0 Å². The first-order valence-corrected chi connectivity index (χ1v) is 8.51. The number of aromatic amines is 1. The zero-order valence-corrected chi connectivity index (χ0v) is 14.9. The molecule has 3 aromatic rings. The van der Waals surface area contributed by atoms with Gasteiger partial charge in [0.15, 0.2) is 0 Å². The highest BCUT2D eigenvalue weighted by Crippen LogP contribution is 2.20. The Morgan fingerprint density at radius 1 is 1.12 bits per heavy atom. The lowest BCUT2D eigenvalue weighted by molar-refractivity contribution is 0.0691. The van der Waals surface area contributed by atoms with Crippen molar-refractivity contribution >= 4 is 28.4 Å². The van der Waals surface area contributed by atoms with E-state index in [4.69, 9.17) is 11.6 Å². The van der Waals surface area contributed by atoms with E-state index in [2.05, 4.69) is 4.98 Å². The molecule has 0 aliphatic carbocycles. The molecular formula is C20H19ClN2O2. The molecule has 25 heavy (non-hydrogen) atoms. The summed E-state index contributed by atoms with van der Waals surface area (Å²) >= 11 is 5.91. The highest BCUT2D eigenvalue weighted by molar-refractivity contribution is 6.30. The van der Waals surface area contributed by atoms with Crippen molar-refractivity contribution in [2.75, 3.05) is 0 Å². The number of pyridine rings is 1. The third-order valence-corrected chi connectivity index (χ3v) is 4.40. The smallest absolute Gasteiger partial charge is 0.254 e. The summed E-state index contributed by atoms with van der Waals surface area (Å²) in [5, 5.41) is 1.53. The second-order valence-electron chi connectivity index (χ2n) is 6.24. The number of para-hydroxylation sites is 1. The number of nitrogens with zero attached hydrogens (tertiary/aromatic N) is 1. The molecule has 0 atom stereocenters. The number of aromatic nitrogens is 1. The quantitative estimate of drug-likeness (QED) is 0.762. The van der Waals surface area contributed by atoms with Gasteiger partial charge in [-0.25, -0.2) is 0 Å². The van der Waals surface area contributed by atoms with E-state index in [-0.39, 0.29) is 17.5 Å². The van der Waals surface area contributed by atoms with Crippen LogP contribution in [0.15, 0.2) is 59.4 Å². The Morgan fingerprint density at radius 2 is 1.80 bits per heavy atom. The van der Waals surface area contributed by atoms with Crippen LogP contribution in [0.25, 0.3) is 10.9 Å². The van der Waals surface area contributed by atoms with Gasteiger partial charge in [-0.1, -0.05) is 29.8 Å². The summed E-state index contributed by atoms with van der Waals surface area (Å²) in [4.78, 5) is 29.5. The first-order valence-electron chi connectivity index (χ1n) is 8.13. The molecule has 2 aromatic carbocycles. The zero-order valence-electron chi connectivity index (χ0n) is 14.1. The van der Waals surface area contributed by atoms with Crippen LogP contribution >= 0.6 is 11.6 Å². The maximum Gasteiger partial charge on any atom is 0.254 e. The second kappa shape index (κ2) is 7.11. The number of rotatable bonds is 4. The fourth-order valence-corrected chi connectivity index (χ4v) is 2.96. The molecule has 0 aliphatic heterocycles. The lowest BCUT2D eigenvalue weighted by atomic mass is 10.1. The molecule has 0 radical (unpaired) electrons. The van der Waals surface area contributed by atoms with Crippen molar-refractivity contribution in [3.63, 3.8) is 0 Å². The van der Waals surface area contributed by atoms with Crippen LogP contribution < -0.4 is 5.56 Å². The normalized spacial score (nSPS) is 11.0. The van der Waals surface area contributed by atoms with Gasteiger partial charge in [-0.2, -0.15) is 0 Å². The molecule has 0 spiro atoms. The highest BCUT2D eigenvalue weighted by atomic mass is 35.5. The minimum Gasteiger partial charge on any atom is -0.332 e. The second-order valence-corrected chi connectivity index (χ2v) is 6.67. The van der Waals surface area contributed by atoms with E-state index in [1.807, 2.05) is 38.1 Å². The minimum absolute atomic E-state index is 0.0128. The summed E-state index contributed by atoms with van der Waals surface area (Å²) < 4.78 is 0. The monoisotopic (exact) mass is 354 g/mol. The van der Waals surface area contributed by atoms with Gasteiger partial charge in [-0.05, 0) is 49.7 Å². The van der Waals surface area contributed by atoms with Gasteiger partial charge in [0.2, 0.25) is 5.56 Å². The first kappa shape index (κ1) is 17.2. The highest BCUT2D eigenvalue weighted by Gasteiger charge is 2.20. The summed E-state index contributed by atoms with van der Waals surface area (Å²) in [5.41, 5.74) is 2.01. The molecule has 5 heteroatoms. The van der Waals surface area contributed by atoms with Gasteiger partial charge in [0, 0.05) is 40.1 Å². The Kier molecular flexibility index (Phi) is 4.91. The third-order valence-electron chi connectivity index (χ3n) is 4.15. The van der Waals surface area contributed by atoms with Crippen LogP contribution in [0.3, 0.4) is 0 Å².